The third-order valence-electron chi connectivity index (χ3n) is 5.04. The molecule has 3 N–H and O–H groups in total. The second-order valence-corrected chi connectivity index (χ2v) is 7.66. The first-order chi connectivity index (χ1) is 16.5. The molecule has 3 rings (SSSR count). The Kier molecular flexibility index (Phi) is 9.49. The van der Waals surface area contributed by atoms with Gasteiger partial charge >= 0.3 is 0 Å². The van der Waals surface area contributed by atoms with Gasteiger partial charge in [0.2, 0.25) is 5.91 Å². The minimum Gasteiger partial charge on any atom is -0.491 e. The van der Waals surface area contributed by atoms with Gasteiger partial charge in [-0.1, -0.05) is 42.5 Å². The molecule has 0 aromatic heterocycles. The lowest BCUT2D eigenvalue weighted by Gasteiger charge is -2.15. The SMILES string of the molecule is CCOCCOc1cccc(NCC(=O)Nc2cccc(C(=O)NC(C)c3ccccc3)c2)c1. The molecule has 0 saturated heterocycles. The third-order valence-corrected chi connectivity index (χ3v) is 5.04. The maximum atomic E-state index is 12.7. The van der Waals surface area contributed by atoms with Gasteiger partial charge in [0.15, 0.2) is 0 Å². The van der Waals surface area contributed by atoms with Crippen molar-refractivity contribution in [3.63, 3.8) is 0 Å². The van der Waals surface area contributed by atoms with E-state index in [-0.39, 0.29) is 24.4 Å². The highest BCUT2D eigenvalue weighted by Gasteiger charge is 2.12. The Morgan fingerprint density at radius 2 is 1.65 bits per heavy atom. The summed E-state index contributed by atoms with van der Waals surface area (Å²) in [4.78, 5) is 25.1. The van der Waals surface area contributed by atoms with E-state index in [1.807, 2.05) is 68.4 Å². The van der Waals surface area contributed by atoms with E-state index in [4.69, 9.17) is 9.47 Å². The minimum atomic E-state index is -0.224. The number of hydrogen-bond donors (Lipinski definition) is 3. The van der Waals surface area contributed by atoms with E-state index >= 15 is 0 Å². The van der Waals surface area contributed by atoms with Crippen LogP contribution in [0.3, 0.4) is 0 Å². The van der Waals surface area contributed by atoms with Gasteiger partial charge in [-0.25, -0.2) is 0 Å². The molecule has 0 aliphatic rings. The molecule has 0 radical (unpaired) electrons. The Morgan fingerprint density at radius 1 is 0.882 bits per heavy atom. The lowest BCUT2D eigenvalue weighted by Crippen LogP contribution is -2.27. The van der Waals surface area contributed by atoms with Gasteiger partial charge in [0.05, 0.1) is 19.2 Å². The largest absolute Gasteiger partial charge is 0.491 e. The maximum Gasteiger partial charge on any atom is 0.251 e. The molecule has 0 bridgehead atoms. The second kappa shape index (κ2) is 13.0. The van der Waals surface area contributed by atoms with Crippen LogP contribution in [0.25, 0.3) is 0 Å². The molecule has 0 fully saturated rings. The normalized spacial score (nSPS) is 11.4. The average Bonchev–Trinajstić information content (AvgIpc) is 2.86. The summed E-state index contributed by atoms with van der Waals surface area (Å²) < 4.78 is 10.9. The van der Waals surface area contributed by atoms with Crippen LogP contribution in [-0.2, 0) is 9.53 Å². The molecule has 1 atom stereocenters. The van der Waals surface area contributed by atoms with Crippen LogP contribution in [0.5, 0.6) is 5.75 Å². The number of hydrogen-bond acceptors (Lipinski definition) is 5. The molecule has 34 heavy (non-hydrogen) atoms. The van der Waals surface area contributed by atoms with Crippen molar-refractivity contribution in [2.75, 3.05) is 37.0 Å². The first-order valence-electron chi connectivity index (χ1n) is 11.4. The standard InChI is InChI=1S/C27H31N3O4/c1-3-33-15-16-34-25-14-8-12-23(18-25)28-19-26(31)30-24-13-7-11-22(17-24)27(32)29-20(2)21-9-5-4-6-10-21/h4-14,17-18,20,28H,3,15-16,19H2,1-2H3,(H,29,32)(H,30,31). The van der Waals surface area contributed by atoms with Crippen molar-refractivity contribution < 1.29 is 19.1 Å². The molecule has 0 heterocycles. The number of nitrogens with one attached hydrogen (secondary N) is 3. The van der Waals surface area contributed by atoms with Crippen LogP contribution in [0, 0.1) is 0 Å². The zero-order valence-electron chi connectivity index (χ0n) is 19.5. The fourth-order valence-electron chi connectivity index (χ4n) is 3.29. The van der Waals surface area contributed by atoms with Crippen LogP contribution in [0.4, 0.5) is 11.4 Å². The molecule has 0 spiro atoms. The maximum absolute atomic E-state index is 12.7. The van der Waals surface area contributed by atoms with Crippen molar-refractivity contribution in [2.45, 2.75) is 19.9 Å². The Balaban J connectivity index is 1.50. The van der Waals surface area contributed by atoms with Crippen LogP contribution in [0.15, 0.2) is 78.9 Å². The first-order valence-corrected chi connectivity index (χ1v) is 11.4. The number of rotatable bonds is 12. The molecule has 2 amide bonds. The molecular weight excluding hydrogens is 430 g/mol. The quantitative estimate of drug-likeness (QED) is 0.342. The average molecular weight is 462 g/mol. The predicted molar refractivity (Wildman–Crippen MR) is 134 cm³/mol. The monoisotopic (exact) mass is 461 g/mol. The number of benzene rings is 3. The highest BCUT2D eigenvalue weighted by molar-refractivity contribution is 5.98. The lowest BCUT2D eigenvalue weighted by molar-refractivity contribution is -0.114. The number of ether oxygens (including phenoxy) is 2. The molecule has 0 aliphatic carbocycles. The summed E-state index contributed by atoms with van der Waals surface area (Å²) in [7, 11) is 0. The van der Waals surface area contributed by atoms with Gasteiger partial charge in [-0.05, 0) is 49.7 Å². The molecule has 0 aliphatic heterocycles. The van der Waals surface area contributed by atoms with Crippen LogP contribution < -0.4 is 20.7 Å². The van der Waals surface area contributed by atoms with Crippen molar-refractivity contribution in [3.05, 3.63) is 90.0 Å². The van der Waals surface area contributed by atoms with Crippen molar-refractivity contribution in [1.82, 2.24) is 5.32 Å². The molecule has 0 saturated carbocycles. The van der Waals surface area contributed by atoms with Gasteiger partial charge in [-0.3, -0.25) is 9.59 Å². The van der Waals surface area contributed by atoms with E-state index in [9.17, 15) is 9.59 Å². The van der Waals surface area contributed by atoms with Crippen LogP contribution in [-0.4, -0.2) is 38.2 Å². The van der Waals surface area contributed by atoms with E-state index in [0.717, 1.165) is 11.3 Å². The van der Waals surface area contributed by atoms with Crippen LogP contribution >= 0.6 is 0 Å². The second-order valence-electron chi connectivity index (χ2n) is 7.66. The van der Waals surface area contributed by atoms with E-state index in [1.54, 1.807) is 24.3 Å². The number of amides is 2. The molecule has 7 heteroatoms. The van der Waals surface area contributed by atoms with Gasteiger partial charge in [-0.15, -0.1) is 0 Å². The molecule has 3 aromatic carbocycles. The lowest BCUT2D eigenvalue weighted by atomic mass is 10.1. The van der Waals surface area contributed by atoms with E-state index in [1.165, 1.54) is 0 Å². The smallest absolute Gasteiger partial charge is 0.251 e. The van der Waals surface area contributed by atoms with Crippen molar-refractivity contribution in [3.8, 4) is 5.75 Å². The topological polar surface area (TPSA) is 88.7 Å². The van der Waals surface area contributed by atoms with Gasteiger partial charge in [0.1, 0.15) is 12.4 Å². The highest BCUT2D eigenvalue weighted by Crippen LogP contribution is 2.18. The first kappa shape index (κ1) is 24.8. The van der Waals surface area contributed by atoms with Crippen molar-refractivity contribution in [1.29, 1.82) is 0 Å². The molecule has 1 unspecified atom stereocenters. The van der Waals surface area contributed by atoms with Gasteiger partial charge in [-0.2, -0.15) is 0 Å². The Morgan fingerprint density at radius 3 is 2.44 bits per heavy atom. The molecule has 3 aromatic rings. The number of anilines is 2. The van der Waals surface area contributed by atoms with Gasteiger partial charge in [0, 0.05) is 29.6 Å². The van der Waals surface area contributed by atoms with E-state index in [2.05, 4.69) is 16.0 Å². The summed E-state index contributed by atoms with van der Waals surface area (Å²) >= 11 is 0. The fraction of sp³-hybridized carbons (Fsp3) is 0.259. The Labute approximate surface area is 200 Å². The summed E-state index contributed by atoms with van der Waals surface area (Å²) in [5.74, 6) is 0.276. The molecular formula is C27H31N3O4. The summed E-state index contributed by atoms with van der Waals surface area (Å²) in [5, 5.41) is 8.89. The fourth-order valence-corrected chi connectivity index (χ4v) is 3.29. The highest BCUT2D eigenvalue weighted by atomic mass is 16.5. The van der Waals surface area contributed by atoms with Crippen LogP contribution in [0.1, 0.15) is 35.8 Å². The van der Waals surface area contributed by atoms with Crippen LogP contribution in [0.2, 0.25) is 0 Å². The summed E-state index contributed by atoms with van der Waals surface area (Å²) in [6.07, 6.45) is 0. The molecule has 178 valence electrons. The van der Waals surface area contributed by atoms with E-state index in [0.29, 0.717) is 36.8 Å². The predicted octanol–water partition coefficient (Wildman–Crippen LogP) is 4.64. The summed E-state index contributed by atoms with van der Waals surface area (Å²) in [6, 6.07) is 23.9. The summed E-state index contributed by atoms with van der Waals surface area (Å²) in [6.45, 7) is 5.59. The number of carbonyl (C=O) groups is 2. The summed E-state index contributed by atoms with van der Waals surface area (Å²) in [5.41, 5.74) is 2.83. The van der Waals surface area contributed by atoms with Crippen molar-refractivity contribution in [2.24, 2.45) is 0 Å². The zero-order valence-corrected chi connectivity index (χ0v) is 19.5. The third kappa shape index (κ3) is 7.94. The minimum absolute atomic E-state index is 0.0733. The Bertz CT molecular complexity index is 1070. The van der Waals surface area contributed by atoms with Gasteiger partial charge in [0.25, 0.3) is 5.91 Å². The van der Waals surface area contributed by atoms with E-state index < -0.39 is 0 Å². The molecule has 7 nitrogen and oxygen atoms in total. The zero-order chi connectivity index (χ0) is 24.2. The number of carbonyl (C=O) groups excluding carboxylic acids is 2. The van der Waals surface area contributed by atoms with Gasteiger partial charge < -0.3 is 25.4 Å². The Hall–Kier alpha value is -3.84. The van der Waals surface area contributed by atoms with Crippen molar-refractivity contribution >= 4 is 23.2 Å².